The highest BCUT2D eigenvalue weighted by molar-refractivity contribution is 5.89. The monoisotopic (exact) mass is 403 g/mol. The number of amides is 4. The second-order valence-corrected chi connectivity index (χ2v) is 7.32. The molecular weight excluding hydrogens is 370 g/mol. The number of hydrogen-bond acceptors (Lipinski definition) is 6. The predicted molar refractivity (Wildman–Crippen MR) is 102 cm³/mol. The van der Waals surface area contributed by atoms with Crippen LogP contribution in [0.4, 0.5) is 9.59 Å². The smallest absolute Gasteiger partial charge is 0.408 e. The van der Waals surface area contributed by atoms with E-state index in [1.165, 1.54) is 0 Å². The Kier molecular flexibility index (Phi) is 11.6. The standard InChI is InChI=1S/C17H33N5O6/c1-17(2,3)28-16(27)22-11(8-6-10-20-15(19)26)13(23)21-12(14(24)25)7-4-5-9-18/h11-12H,4-10,18H2,1-3H3,(H,21,23)(H,22,27)(H,24,25)(H3,19,20,26)/t11-,12-/m0/s1. The van der Waals surface area contributed by atoms with Crippen LogP contribution in [-0.4, -0.2) is 59.9 Å². The van der Waals surface area contributed by atoms with E-state index in [-0.39, 0.29) is 19.4 Å². The van der Waals surface area contributed by atoms with Gasteiger partial charge in [0.2, 0.25) is 5.91 Å². The molecule has 0 aromatic carbocycles. The molecule has 0 spiro atoms. The first-order chi connectivity index (χ1) is 13.0. The Hall–Kier alpha value is -2.56. The maximum Gasteiger partial charge on any atom is 0.408 e. The topological polar surface area (TPSA) is 186 Å². The van der Waals surface area contributed by atoms with Crippen LogP contribution in [0.15, 0.2) is 0 Å². The Labute approximate surface area is 164 Å². The number of carboxylic acid groups (broad SMARTS) is 1. The third kappa shape index (κ3) is 12.7. The minimum atomic E-state index is -1.17. The largest absolute Gasteiger partial charge is 0.480 e. The molecule has 0 aliphatic rings. The summed E-state index contributed by atoms with van der Waals surface area (Å²) in [6.45, 7) is 5.66. The van der Waals surface area contributed by atoms with E-state index in [0.29, 0.717) is 25.8 Å². The molecule has 0 aliphatic heterocycles. The molecule has 4 amide bonds. The molecule has 0 bridgehead atoms. The number of ether oxygens (including phenoxy) is 1. The van der Waals surface area contributed by atoms with Gasteiger partial charge in [0.25, 0.3) is 0 Å². The van der Waals surface area contributed by atoms with Crippen molar-refractivity contribution in [3.63, 3.8) is 0 Å². The zero-order valence-electron chi connectivity index (χ0n) is 16.7. The van der Waals surface area contributed by atoms with Gasteiger partial charge in [0.05, 0.1) is 0 Å². The molecule has 8 N–H and O–H groups in total. The first-order valence-electron chi connectivity index (χ1n) is 9.22. The van der Waals surface area contributed by atoms with Crippen LogP contribution < -0.4 is 27.4 Å². The van der Waals surface area contributed by atoms with Crippen LogP contribution in [0.1, 0.15) is 52.9 Å². The van der Waals surface area contributed by atoms with Gasteiger partial charge in [0.1, 0.15) is 17.7 Å². The minimum absolute atomic E-state index is 0.153. The Morgan fingerprint density at radius 2 is 1.61 bits per heavy atom. The molecule has 0 heterocycles. The number of rotatable bonds is 12. The van der Waals surface area contributed by atoms with Crippen molar-refractivity contribution in [2.45, 2.75) is 70.6 Å². The van der Waals surface area contributed by atoms with E-state index >= 15 is 0 Å². The zero-order valence-corrected chi connectivity index (χ0v) is 16.7. The number of aliphatic carboxylic acids is 1. The molecule has 0 radical (unpaired) electrons. The summed E-state index contributed by atoms with van der Waals surface area (Å²) >= 11 is 0. The fourth-order valence-corrected chi connectivity index (χ4v) is 2.26. The van der Waals surface area contributed by atoms with Gasteiger partial charge in [-0.05, 0) is 59.4 Å². The van der Waals surface area contributed by atoms with Gasteiger partial charge >= 0.3 is 18.1 Å². The molecule has 0 aromatic rings. The van der Waals surface area contributed by atoms with Crippen molar-refractivity contribution in [1.29, 1.82) is 0 Å². The summed E-state index contributed by atoms with van der Waals surface area (Å²) in [5, 5.41) is 16.6. The molecule has 0 aliphatic carbocycles. The zero-order chi connectivity index (χ0) is 21.7. The molecule has 0 saturated carbocycles. The van der Waals surface area contributed by atoms with Gasteiger partial charge < -0.3 is 37.3 Å². The van der Waals surface area contributed by atoms with Gasteiger partial charge in [-0.3, -0.25) is 4.79 Å². The molecule has 0 saturated heterocycles. The van der Waals surface area contributed by atoms with Crippen molar-refractivity contribution in [2.24, 2.45) is 11.5 Å². The summed E-state index contributed by atoms with van der Waals surface area (Å²) < 4.78 is 5.14. The van der Waals surface area contributed by atoms with Crippen molar-refractivity contribution >= 4 is 24.0 Å². The van der Waals surface area contributed by atoms with Crippen LogP contribution >= 0.6 is 0 Å². The molecule has 0 aromatic heterocycles. The van der Waals surface area contributed by atoms with Crippen LogP contribution in [0, 0.1) is 0 Å². The van der Waals surface area contributed by atoms with Crippen molar-refractivity contribution in [2.75, 3.05) is 13.1 Å². The number of nitrogens with one attached hydrogen (secondary N) is 3. The highest BCUT2D eigenvalue weighted by atomic mass is 16.6. The minimum Gasteiger partial charge on any atom is -0.480 e. The number of primary amides is 1. The van der Waals surface area contributed by atoms with Gasteiger partial charge in [-0.15, -0.1) is 0 Å². The molecule has 0 fully saturated rings. The highest BCUT2D eigenvalue weighted by Gasteiger charge is 2.27. The van der Waals surface area contributed by atoms with Gasteiger partial charge in [-0.1, -0.05) is 0 Å². The van der Waals surface area contributed by atoms with Crippen LogP contribution in [0.2, 0.25) is 0 Å². The van der Waals surface area contributed by atoms with E-state index < -0.39 is 41.7 Å². The van der Waals surface area contributed by atoms with E-state index in [1.54, 1.807) is 20.8 Å². The highest BCUT2D eigenvalue weighted by Crippen LogP contribution is 2.08. The van der Waals surface area contributed by atoms with E-state index in [2.05, 4.69) is 16.0 Å². The van der Waals surface area contributed by atoms with Crippen LogP contribution in [0.25, 0.3) is 0 Å². The molecule has 0 rings (SSSR count). The fourth-order valence-electron chi connectivity index (χ4n) is 2.26. The number of urea groups is 1. The lowest BCUT2D eigenvalue weighted by atomic mass is 10.1. The number of alkyl carbamates (subject to hydrolysis) is 1. The first-order valence-corrected chi connectivity index (χ1v) is 9.22. The van der Waals surface area contributed by atoms with E-state index in [4.69, 9.17) is 16.2 Å². The SMILES string of the molecule is CC(C)(C)OC(=O)N[C@@H](CCCNC(N)=O)C(=O)N[C@@H](CCCCN)C(=O)O. The Bertz CT molecular complexity index is 535. The summed E-state index contributed by atoms with van der Waals surface area (Å²) in [7, 11) is 0. The second kappa shape index (κ2) is 12.8. The third-order valence-electron chi connectivity index (χ3n) is 3.54. The fraction of sp³-hybridized carbons (Fsp3) is 0.765. The van der Waals surface area contributed by atoms with E-state index in [0.717, 1.165) is 0 Å². The molecule has 28 heavy (non-hydrogen) atoms. The van der Waals surface area contributed by atoms with E-state index in [9.17, 15) is 24.3 Å². The number of hydrogen-bond donors (Lipinski definition) is 6. The number of carbonyl (C=O) groups excluding carboxylic acids is 3. The third-order valence-corrected chi connectivity index (χ3v) is 3.54. The summed E-state index contributed by atoms with van der Waals surface area (Å²) in [5.74, 6) is -1.82. The normalized spacial score (nSPS) is 13.1. The lowest BCUT2D eigenvalue weighted by Gasteiger charge is -2.24. The van der Waals surface area contributed by atoms with Gasteiger partial charge in [0, 0.05) is 6.54 Å². The molecule has 162 valence electrons. The maximum absolute atomic E-state index is 12.5. The summed E-state index contributed by atoms with van der Waals surface area (Å²) in [6, 6.07) is -2.82. The van der Waals surface area contributed by atoms with Crippen molar-refractivity contribution in [3.05, 3.63) is 0 Å². The Morgan fingerprint density at radius 3 is 2.11 bits per heavy atom. The van der Waals surface area contributed by atoms with Crippen LogP contribution in [0.3, 0.4) is 0 Å². The molecule has 2 atom stereocenters. The lowest BCUT2D eigenvalue weighted by Crippen LogP contribution is -2.52. The number of unbranched alkanes of at least 4 members (excludes halogenated alkanes) is 1. The second-order valence-electron chi connectivity index (χ2n) is 7.32. The summed E-state index contributed by atoms with van der Waals surface area (Å²) in [5.41, 5.74) is 9.62. The van der Waals surface area contributed by atoms with Crippen molar-refractivity contribution < 1.29 is 29.0 Å². The van der Waals surface area contributed by atoms with Gasteiger partial charge in [-0.25, -0.2) is 14.4 Å². The van der Waals surface area contributed by atoms with Gasteiger partial charge in [0.15, 0.2) is 0 Å². The quantitative estimate of drug-likeness (QED) is 0.248. The number of nitrogens with two attached hydrogens (primary N) is 2. The molecule has 11 heteroatoms. The number of carbonyl (C=O) groups is 4. The molecule has 11 nitrogen and oxygen atoms in total. The van der Waals surface area contributed by atoms with Crippen LogP contribution in [-0.2, 0) is 14.3 Å². The molecule has 0 unspecified atom stereocenters. The average Bonchev–Trinajstić information content (AvgIpc) is 2.54. The average molecular weight is 403 g/mol. The lowest BCUT2D eigenvalue weighted by molar-refractivity contribution is -0.142. The predicted octanol–water partition coefficient (Wildman–Crippen LogP) is 0.0266. The van der Waals surface area contributed by atoms with Crippen molar-refractivity contribution in [1.82, 2.24) is 16.0 Å². The first kappa shape index (κ1) is 25.4. The summed E-state index contributed by atoms with van der Waals surface area (Å²) in [4.78, 5) is 46.7. The van der Waals surface area contributed by atoms with Crippen LogP contribution in [0.5, 0.6) is 0 Å². The molecular formula is C17H33N5O6. The van der Waals surface area contributed by atoms with E-state index in [1.807, 2.05) is 0 Å². The van der Waals surface area contributed by atoms with Crippen molar-refractivity contribution in [3.8, 4) is 0 Å². The summed E-state index contributed by atoms with van der Waals surface area (Å²) in [6.07, 6.45) is 1.09. The number of carboxylic acids is 1. The maximum atomic E-state index is 12.5. The Morgan fingerprint density at radius 1 is 1.00 bits per heavy atom. The van der Waals surface area contributed by atoms with Gasteiger partial charge in [-0.2, -0.15) is 0 Å². The Balaban J connectivity index is 4.96.